The van der Waals surface area contributed by atoms with Gasteiger partial charge in [0.15, 0.2) is 0 Å². The fraction of sp³-hybridized carbons (Fsp3) is 0.286. The smallest absolute Gasteiger partial charge is 0.123 e. The van der Waals surface area contributed by atoms with Gasteiger partial charge in [-0.05, 0) is 43.1 Å². The molecule has 2 heterocycles. The summed E-state index contributed by atoms with van der Waals surface area (Å²) in [7, 11) is 0. The van der Waals surface area contributed by atoms with Gasteiger partial charge in [0.25, 0.3) is 0 Å². The van der Waals surface area contributed by atoms with E-state index in [0.717, 1.165) is 36.2 Å². The van der Waals surface area contributed by atoms with E-state index >= 15 is 0 Å². The highest BCUT2D eigenvalue weighted by Crippen LogP contribution is 2.34. The largest absolute Gasteiger partial charge is 0.348 e. The van der Waals surface area contributed by atoms with E-state index in [2.05, 4.69) is 10.3 Å². The van der Waals surface area contributed by atoms with Crippen molar-refractivity contribution in [3.8, 4) is 11.1 Å². The van der Waals surface area contributed by atoms with E-state index in [1.165, 1.54) is 12.1 Å². The van der Waals surface area contributed by atoms with E-state index in [0.29, 0.717) is 5.15 Å². The lowest BCUT2D eigenvalue weighted by atomic mass is 10.0. The number of H-pyrrole nitrogens is 1. The topological polar surface area (TPSA) is 27.8 Å². The summed E-state index contributed by atoms with van der Waals surface area (Å²) in [6.45, 7) is 1.02. The summed E-state index contributed by atoms with van der Waals surface area (Å²) in [5.74, 6) is -0.227. The van der Waals surface area contributed by atoms with Gasteiger partial charge >= 0.3 is 0 Å². The third-order valence-electron chi connectivity index (χ3n) is 3.36. The minimum Gasteiger partial charge on any atom is -0.348 e. The first-order valence-electron chi connectivity index (χ1n) is 6.12. The highest BCUT2D eigenvalue weighted by Gasteiger charge is 2.22. The summed E-state index contributed by atoms with van der Waals surface area (Å²) in [6.07, 6.45) is 2.24. The Morgan fingerprint density at radius 3 is 2.89 bits per heavy atom. The molecule has 4 heteroatoms. The summed E-state index contributed by atoms with van der Waals surface area (Å²) in [5.41, 5.74) is 2.91. The third-order valence-corrected chi connectivity index (χ3v) is 3.56. The van der Waals surface area contributed by atoms with Crippen LogP contribution >= 0.6 is 11.6 Å². The third kappa shape index (κ3) is 2.16. The Kier molecular flexibility index (Phi) is 3.10. The minimum atomic E-state index is -0.227. The highest BCUT2D eigenvalue weighted by atomic mass is 35.5. The molecule has 1 aliphatic rings. The summed E-state index contributed by atoms with van der Waals surface area (Å²) in [4.78, 5) is 3.19. The Balaban J connectivity index is 2.05. The molecule has 3 rings (SSSR count). The molecule has 2 nitrogen and oxygen atoms in total. The fourth-order valence-corrected chi connectivity index (χ4v) is 2.75. The number of aromatic nitrogens is 1. The lowest BCUT2D eigenvalue weighted by Gasteiger charge is -2.11. The van der Waals surface area contributed by atoms with Crippen molar-refractivity contribution in [2.75, 3.05) is 6.54 Å². The molecule has 0 unspecified atom stereocenters. The van der Waals surface area contributed by atoms with Crippen LogP contribution in [0.4, 0.5) is 4.39 Å². The molecular formula is C14H14ClFN2. The molecule has 0 radical (unpaired) electrons. The van der Waals surface area contributed by atoms with Crippen molar-refractivity contribution in [1.82, 2.24) is 10.3 Å². The molecule has 2 N–H and O–H groups in total. The molecule has 1 atom stereocenters. The van der Waals surface area contributed by atoms with Crippen molar-refractivity contribution in [2.24, 2.45) is 0 Å². The highest BCUT2D eigenvalue weighted by molar-refractivity contribution is 6.30. The summed E-state index contributed by atoms with van der Waals surface area (Å²) >= 11 is 6.06. The molecule has 0 spiro atoms. The average Bonchev–Trinajstić information content (AvgIpc) is 2.97. The van der Waals surface area contributed by atoms with Gasteiger partial charge in [-0.15, -0.1) is 0 Å². The fourth-order valence-electron chi connectivity index (χ4n) is 2.54. The lowest BCUT2D eigenvalue weighted by Crippen LogP contribution is -2.13. The first-order chi connectivity index (χ1) is 8.74. The van der Waals surface area contributed by atoms with Gasteiger partial charge in [0.2, 0.25) is 0 Å². The van der Waals surface area contributed by atoms with E-state index in [9.17, 15) is 4.39 Å². The monoisotopic (exact) mass is 264 g/mol. The molecular weight excluding hydrogens is 251 g/mol. The summed E-state index contributed by atoms with van der Waals surface area (Å²) in [5, 5.41) is 4.02. The van der Waals surface area contributed by atoms with Gasteiger partial charge in [0.1, 0.15) is 11.0 Å². The van der Waals surface area contributed by atoms with Crippen LogP contribution in [-0.2, 0) is 0 Å². The first kappa shape index (κ1) is 11.8. The number of halogens is 2. The zero-order valence-corrected chi connectivity index (χ0v) is 10.6. The van der Waals surface area contributed by atoms with Crippen LogP contribution in [0, 0.1) is 5.82 Å². The first-order valence-corrected chi connectivity index (χ1v) is 6.49. The molecule has 0 amide bonds. The van der Waals surface area contributed by atoms with Crippen LogP contribution in [0.3, 0.4) is 0 Å². The predicted octanol–water partition coefficient (Wildman–Crippen LogP) is 3.90. The van der Waals surface area contributed by atoms with E-state index in [4.69, 9.17) is 11.6 Å². The number of hydrogen-bond donors (Lipinski definition) is 2. The maximum absolute atomic E-state index is 13.3. The van der Waals surface area contributed by atoms with Crippen molar-refractivity contribution >= 4 is 11.6 Å². The normalized spacial score (nSPS) is 19.3. The van der Waals surface area contributed by atoms with Gasteiger partial charge < -0.3 is 10.3 Å². The van der Waals surface area contributed by atoms with E-state index < -0.39 is 0 Å². The Bertz CT molecular complexity index is 559. The number of hydrogen-bond acceptors (Lipinski definition) is 1. The summed E-state index contributed by atoms with van der Waals surface area (Å²) < 4.78 is 13.3. The standard InChI is InChI=1S/C14H14ClFN2/c15-13-8-11(9-3-1-4-10(16)7-9)14(18-13)12-5-2-6-17-12/h1,3-4,7-8,12,17-18H,2,5-6H2/t12-/m0/s1. The van der Waals surface area contributed by atoms with Crippen molar-refractivity contribution < 1.29 is 4.39 Å². The molecule has 1 aliphatic heterocycles. The quantitative estimate of drug-likeness (QED) is 0.846. The number of rotatable bonds is 2. The van der Waals surface area contributed by atoms with Crippen LogP contribution in [0.5, 0.6) is 0 Å². The van der Waals surface area contributed by atoms with Gasteiger partial charge in [0, 0.05) is 17.3 Å². The van der Waals surface area contributed by atoms with Crippen LogP contribution in [0.1, 0.15) is 24.6 Å². The molecule has 2 aromatic rings. The van der Waals surface area contributed by atoms with Crippen LogP contribution < -0.4 is 5.32 Å². The molecule has 1 aromatic heterocycles. The van der Waals surface area contributed by atoms with Crippen LogP contribution in [0.15, 0.2) is 30.3 Å². The Morgan fingerprint density at radius 2 is 2.17 bits per heavy atom. The molecule has 0 saturated carbocycles. The second-order valence-electron chi connectivity index (χ2n) is 4.60. The second kappa shape index (κ2) is 4.75. The van der Waals surface area contributed by atoms with Gasteiger partial charge in [0.05, 0.1) is 0 Å². The van der Waals surface area contributed by atoms with Gasteiger partial charge in [-0.25, -0.2) is 4.39 Å². The Labute approximate surface area is 110 Å². The van der Waals surface area contributed by atoms with Crippen molar-refractivity contribution in [2.45, 2.75) is 18.9 Å². The van der Waals surface area contributed by atoms with Crippen molar-refractivity contribution in [3.05, 3.63) is 47.0 Å². The minimum absolute atomic E-state index is 0.227. The zero-order chi connectivity index (χ0) is 12.5. The lowest BCUT2D eigenvalue weighted by molar-refractivity contribution is 0.626. The van der Waals surface area contributed by atoms with E-state index in [1.807, 2.05) is 12.1 Å². The van der Waals surface area contributed by atoms with E-state index in [-0.39, 0.29) is 11.9 Å². The molecule has 94 valence electrons. The number of aromatic amines is 1. The number of nitrogens with one attached hydrogen (secondary N) is 2. The molecule has 1 aromatic carbocycles. The van der Waals surface area contributed by atoms with Gasteiger partial charge in [-0.3, -0.25) is 0 Å². The molecule has 0 bridgehead atoms. The summed E-state index contributed by atoms with van der Waals surface area (Å²) in [6, 6.07) is 8.77. The SMILES string of the molecule is Fc1cccc(-c2cc(Cl)[nH]c2[C@@H]2CCCN2)c1. The van der Waals surface area contributed by atoms with Crippen LogP contribution in [0.25, 0.3) is 11.1 Å². The maximum atomic E-state index is 13.3. The van der Waals surface area contributed by atoms with Crippen molar-refractivity contribution in [1.29, 1.82) is 0 Å². The van der Waals surface area contributed by atoms with Crippen LogP contribution in [-0.4, -0.2) is 11.5 Å². The molecule has 18 heavy (non-hydrogen) atoms. The predicted molar refractivity (Wildman–Crippen MR) is 71.2 cm³/mol. The molecule has 1 saturated heterocycles. The molecule has 1 fully saturated rings. The van der Waals surface area contributed by atoms with Crippen LogP contribution in [0.2, 0.25) is 5.15 Å². The Morgan fingerprint density at radius 1 is 1.28 bits per heavy atom. The number of benzene rings is 1. The Hall–Kier alpha value is -1.32. The maximum Gasteiger partial charge on any atom is 0.123 e. The van der Waals surface area contributed by atoms with Crippen molar-refractivity contribution in [3.63, 3.8) is 0 Å². The van der Waals surface area contributed by atoms with Gasteiger partial charge in [-0.2, -0.15) is 0 Å². The van der Waals surface area contributed by atoms with Gasteiger partial charge in [-0.1, -0.05) is 23.7 Å². The molecule has 0 aliphatic carbocycles. The second-order valence-corrected chi connectivity index (χ2v) is 5.01. The zero-order valence-electron chi connectivity index (χ0n) is 9.84. The van der Waals surface area contributed by atoms with E-state index in [1.54, 1.807) is 6.07 Å². The average molecular weight is 265 g/mol.